The molecule has 1 aromatic rings. The molecule has 0 radical (unpaired) electrons. The number of halogens is 2. The SMILES string of the molecule is CCC(C)(C)N(C)C(=O)c1cc(S(N)(=O)=O)c(Cl)cc1F. The third-order valence-electron chi connectivity index (χ3n) is 3.64. The van der Waals surface area contributed by atoms with Gasteiger partial charge in [-0.3, -0.25) is 4.79 Å². The van der Waals surface area contributed by atoms with Crippen molar-refractivity contribution < 1.29 is 17.6 Å². The lowest BCUT2D eigenvalue weighted by molar-refractivity contribution is 0.0615. The lowest BCUT2D eigenvalue weighted by atomic mass is 9.99. The number of sulfonamides is 1. The van der Waals surface area contributed by atoms with E-state index >= 15 is 0 Å². The van der Waals surface area contributed by atoms with Gasteiger partial charge in [0.1, 0.15) is 10.7 Å². The molecular formula is C13H18ClFN2O3S. The van der Waals surface area contributed by atoms with Crippen molar-refractivity contribution in [2.45, 2.75) is 37.6 Å². The summed E-state index contributed by atoms with van der Waals surface area (Å²) in [6, 6.07) is 1.65. The fourth-order valence-corrected chi connectivity index (χ4v) is 2.69. The maximum Gasteiger partial charge on any atom is 0.257 e. The number of rotatable bonds is 4. The fourth-order valence-electron chi connectivity index (χ4n) is 1.60. The molecule has 1 aromatic carbocycles. The molecule has 1 rings (SSSR count). The highest BCUT2D eigenvalue weighted by Crippen LogP contribution is 2.27. The minimum Gasteiger partial charge on any atom is -0.337 e. The predicted octanol–water partition coefficient (Wildman–Crippen LogP) is 2.39. The van der Waals surface area contributed by atoms with Crippen molar-refractivity contribution in [1.82, 2.24) is 4.90 Å². The summed E-state index contributed by atoms with van der Waals surface area (Å²) in [6.07, 6.45) is 0.645. The van der Waals surface area contributed by atoms with E-state index in [0.29, 0.717) is 6.42 Å². The third kappa shape index (κ3) is 3.72. The minimum atomic E-state index is -4.14. The largest absolute Gasteiger partial charge is 0.337 e. The zero-order valence-corrected chi connectivity index (χ0v) is 13.8. The quantitative estimate of drug-likeness (QED) is 0.916. The third-order valence-corrected chi connectivity index (χ3v) is 5.01. The molecule has 0 atom stereocenters. The first-order valence-corrected chi connectivity index (χ1v) is 8.14. The lowest BCUT2D eigenvalue weighted by Crippen LogP contribution is -2.44. The Kier molecular flexibility index (Phi) is 5.02. The Morgan fingerprint density at radius 3 is 2.38 bits per heavy atom. The second-order valence-electron chi connectivity index (χ2n) is 5.34. The Labute approximate surface area is 128 Å². The summed E-state index contributed by atoms with van der Waals surface area (Å²) in [7, 11) is -2.62. The van der Waals surface area contributed by atoms with Gasteiger partial charge in [-0.05, 0) is 32.4 Å². The molecule has 2 N–H and O–H groups in total. The second-order valence-corrected chi connectivity index (χ2v) is 7.27. The normalized spacial score (nSPS) is 12.3. The van der Waals surface area contributed by atoms with Crippen molar-refractivity contribution >= 4 is 27.5 Å². The maximum atomic E-state index is 14.0. The van der Waals surface area contributed by atoms with Crippen LogP contribution in [0.5, 0.6) is 0 Å². The molecule has 0 aliphatic carbocycles. The Morgan fingerprint density at radius 1 is 1.43 bits per heavy atom. The Balaban J connectivity index is 3.41. The van der Waals surface area contributed by atoms with Gasteiger partial charge < -0.3 is 4.90 Å². The molecule has 0 aromatic heterocycles. The van der Waals surface area contributed by atoms with Crippen LogP contribution in [0, 0.1) is 5.82 Å². The van der Waals surface area contributed by atoms with Crippen LogP contribution in [0.4, 0.5) is 4.39 Å². The van der Waals surface area contributed by atoms with E-state index in [0.717, 1.165) is 12.1 Å². The summed E-state index contributed by atoms with van der Waals surface area (Å²) in [6.45, 7) is 5.52. The topological polar surface area (TPSA) is 80.5 Å². The standard InChI is InChI=1S/C13H18ClFN2O3S/c1-5-13(2,3)17(4)12(18)8-6-11(21(16,19)20)9(14)7-10(8)15/h6-7H,5H2,1-4H3,(H2,16,19,20). The number of hydrogen-bond acceptors (Lipinski definition) is 3. The van der Waals surface area contributed by atoms with Crippen molar-refractivity contribution in [2.75, 3.05) is 7.05 Å². The summed E-state index contributed by atoms with van der Waals surface area (Å²) in [5.74, 6) is -1.53. The van der Waals surface area contributed by atoms with E-state index < -0.39 is 32.2 Å². The molecule has 118 valence electrons. The van der Waals surface area contributed by atoms with Crippen LogP contribution < -0.4 is 5.14 Å². The molecule has 0 spiro atoms. The number of carbonyl (C=O) groups is 1. The smallest absolute Gasteiger partial charge is 0.257 e. The van der Waals surface area contributed by atoms with Crippen LogP contribution in [0.25, 0.3) is 0 Å². The number of hydrogen-bond donors (Lipinski definition) is 1. The average molecular weight is 337 g/mol. The molecule has 5 nitrogen and oxygen atoms in total. The van der Waals surface area contributed by atoms with Gasteiger partial charge in [0.05, 0.1) is 10.6 Å². The predicted molar refractivity (Wildman–Crippen MR) is 79.2 cm³/mol. The molecule has 0 fully saturated rings. The number of nitrogens with two attached hydrogens (primary N) is 1. The van der Waals surface area contributed by atoms with Crippen molar-refractivity contribution in [3.63, 3.8) is 0 Å². The summed E-state index contributed by atoms with van der Waals surface area (Å²) in [4.78, 5) is 13.2. The van der Waals surface area contributed by atoms with E-state index in [4.69, 9.17) is 16.7 Å². The fraction of sp³-hybridized carbons (Fsp3) is 0.462. The van der Waals surface area contributed by atoms with Crippen LogP contribution in [0.2, 0.25) is 5.02 Å². The number of amides is 1. The van der Waals surface area contributed by atoms with Gasteiger partial charge in [0.2, 0.25) is 10.0 Å². The lowest BCUT2D eigenvalue weighted by Gasteiger charge is -2.35. The Bertz CT molecular complexity index is 674. The van der Waals surface area contributed by atoms with Crippen LogP contribution in [-0.2, 0) is 10.0 Å². The molecule has 8 heteroatoms. The van der Waals surface area contributed by atoms with Crippen molar-refractivity contribution in [3.8, 4) is 0 Å². The molecular weight excluding hydrogens is 319 g/mol. The van der Waals surface area contributed by atoms with Gasteiger partial charge in [-0.15, -0.1) is 0 Å². The van der Waals surface area contributed by atoms with E-state index in [1.807, 2.05) is 20.8 Å². The monoisotopic (exact) mass is 336 g/mol. The van der Waals surface area contributed by atoms with Crippen LogP contribution >= 0.6 is 11.6 Å². The minimum absolute atomic E-state index is 0.357. The summed E-state index contributed by atoms with van der Waals surface area (Å²) in [5, 5.41) is 4.65. The van der Waals surface area contributed by atoms with E-state index in [9.17, 15) is 17.6 Å². The zero-order chi connectivity index (χ0) is 16.6. The molecule has 0 heterocycles. The number of nitrogens with zero attached hydrogens (tertiary/aromatic N) is 1. The maximum absolute atomic E-state index is 14.0. The Morgan fingerprint density at radius 2 is 1.95 bits per heavy atom. The van der Waals surface area contributed by atoms with Gasteiger partial charge in [-0.2, -0.15) is 0 Å². The van der Waals surface area contributed by atoms with Gasteiger partial charge in [0, 0.05) is 12.6 Å². The van der Waals surface area contributed by atoms with E-state index in [1.165, 1.54) is 11.9 Å². The highest BCUT2D eigenvalue weighted by atomic mass is 35.5. The molecule has 0 bridgehead atoms. The van der Waals surface area contributed by atoms with Crippen LogP contribution in [-0.4, -0.2) is 31.8 Å². The van der Waals surface area contributed by atoms with Crippen molar-refractivity contribution in [2.24, 2.45) is 5.14 Å². The first kappa shape index (κ1) is 17.9. The molecule has 0 unspecified atom stereocenters. The van der Waals surface area contributed by atoms with Crippen LogP contribution in [0.15, 0.2) is 17.0 Å². The van der Waals surface area contributed by atoms with Crippen LogP contribution in [0.3, 0.4) is 0 Å². The highest BCUT2D eigenvalue weighted by Gasteiger charge is 2.29. The van der Waals surface area contributed by atoms with E-state index in [2.05, 4.69) is 0 Å². The molecule has 0 aliphatic heterocycles. The summed E-state index contributed by atoms with van der Waals surface area (Å²) >= 11 is 5.66. The molecule has 21 heavy (non-hydrogen) atoms. The van der Waals surface area contributed by atoms with E-state index in [1.54, 1.807) is 0 Å². The molecule has 1 amide bonds. The highest BCUT2D eigenvalue weighted by molar-refractivity contribution is 7.89. The average Bonchev–Trinajstić information content (AvgIpc) is 2.35. The van der Waals surface area contributed by atoms with Gasteiger partial charge in [0.25, 0.3) is 5.91 Å². The first-order valence-electron chi connectivity index (χ1n) is 6.22. The van der Waals surface area contributed by atoms with Gasteiger partial charge in [-0.25, -0.2) is 17.9 Å². The van der Waals surface area contributed by atoms with Crippen molar-refractivity contribution in [3.05, 3.63) is 28.5 Å². The van der Waals surface area contributed by atoms with Crippen LogP contribution in [0.1, 0.15) is 37.6 Å². The van der Waals surface area contributed by atoms with Gasteiger partial charge in [-0.1, -0.05) is 18.5 Å². The Hall–Kier alpha value is -1.18. The molecule has 0 aliphatic rings. The summed E-state index contributed by atoms with van der Waals surface area (Å²) in [5.41, 5.74) is -0.891. The van der Waals surface area contributed by atoms with E-state index in [-0.39, 0.29) is 10.6 Å². The number of carbonyl (C=O) groups excluding carboxylic acids is 1. The number of primary sulfonamides is 1. The second kappa shape index (κ2) is 5.90. The zero-order valence-electron chi connectivity index (χ0n) is 12.3. The summed E-state index contributed by atoms with van der Waals surface area (Å²) < 4.78 is 36.8. The van der Waals surface area contributed by atoms with Gasteiger partial charge >= 0.3 is 0 Å². The molecule has 0 saturated heterocycles. The van der Waals surface area contributed by atoms with Crippen molar-refractivity contribution in [1.29, 1.82) is 0 Å². The first-order chi connectivity index (χ1) is 9.41. The van der Waals surface area contributed by atoms with Gasteiger partial charge in [0.15, 0.2) is 0 Å². The molecule has 0 saturated carbocycles. The number of benzene rings is 1.